The fraction of sp³-hybridized carbons (Fsp3) is 0.286. The van der Waals surface area contributed by atoms with Crippen LogP contribution in [0.25, 0.3) is 23.3 Å². The molecule has 4 aromatic rings. The van der Waals surface area contributed by atoms with Crippen molar-refractivity contribution in [3.05, 3.63) is 114 Å². The fourth-order valence-electron chi connectivity index (χ4n) is 4.57. The van der Waals surface area contributed by atoms with E-state index in [4.69, 9.17) is 10.2 Å². The van der Waals surface area contributed by atoms with Gasteiger partial charge in [0.25, 0.3) is 0 Å². The average molecular weight is 616 g/mol. The lowest BCUT2D eigenvalue weighted by Gasteiger charge is -2.08. The largest absolute Gasteiger partial charge is 0.395 e. The van der Waals surface area contributed by atoms with Crippen molar-refractivity contribution in [2.45, 2.75) is 26.9 Å². The molecular weight excluding hydrogens is 573 g/mol. The Labute approximate surface area is 264 Å². The van der Waals surface area contributed by atoms with Crippen LogP contribution in [0.2, 0.25) is 0 Å². The van der Waals surface area contributed by atoms with Crippen LogP contribution in [0.5, 0.6) is 0 Å². The summed E-state index contributed by atoms with van der Waals surface area (Å²) in [6, 6.07) is 23.4. The molecule has 2 aromatic heterocycles. The minimum absolute atomic E-state index is 0.147. The zero-order chi connectivity index (χ0) is 30.3. The normalized spacial score (nSPS) is 12.0. The van der Waals surface area contributed by atoms with Gasteiger partial charge in [-0.15, -0.1) is 0 Å². The number of rotatable bonds is 17. The van der Waals surface area contributed by atoms with Gasteiger partial charge in [0.2, 0.25) is 0 Å². The van der Waals surface area contributed by atoms with E-state index < -0.39 is 0 Å². The molecule has 0 aliphatic heterocycles. The van der Waals surface area contributed by atoms with Crippen molar-refractivity contribution < 1.29 is 14.8 Å². The SMILES string of the molecule is C/C(=C\c1ccc(NCCSSCCNc2ccc(/C=C(\C)c3ccn(CCO)c3)cc2)cc1)c1cc[n+](CCO)cc1. The van der Waals surface area contributed by atoms with Gasteiger partial charge in [0, 0.05) is 67.0 Å². The Balaban J connectivity index is 1.09. The predicted octanol–water partition coefficient (Wildman–Crippen LogP) is 6.79. The van der Waals surface area contributed by atoms with Gasteiger partial charge in [0.05, 0.1) is 6.61 Å². The molecule has 0 fully saturated rings. The van der Waals surface area contributed by atoms with Crippen LogP contribution < -0.4 is 15.2 Å². The summed E-state index contributed by atoms with van der Waals surface area (Å²) in [4.78, 5) is 0. The molecule has 0 bridgehead atoms. The first-order valence-corrected chi connectivity index (χ1v) is 17.2. The quantitative estimate of drug-likeness (QED) is 0.0596. The average Bonchev–Trinajstić information content (AvgIpc) is 3.50. The lowest BCUT2D eigenvalue weighted by molar-refractivity contribution is -0.698. The van der Waals surface area contributed by atoms with E-state index in [9.17, 15) is 0 Å². The molecule has 0 unspecified atom stereocenters. The maximum Gasteiger partial charge on any atom is 0.171 e. The number of hydrogen-bond donors (Lipinski definition) is 4. The molecule has 43 heavy (non-hydrogen) atoms. The van der Waals surface area contributed by atoms with E-state index in [1.165, 1.54) is 33.4 Å². The molecule has 0 saturated heterocycles. The van der Waals surface area contributed by atoms with E-state index >= 15 is 0 Å². The van der Waals surface area contributed by atoms with Crippen LogP contribution in [0.1, 0.15) is 36.1 Å². The van der Waals surface area contributed by atoms with E-state index in [1.54, 1.807) is 0 Å². The number of aliphatic hydroxyl groups excluding tert-OH is 2. The highest BCUT2D eigenvalue weighted by molar-refractivity contribution is 8.76. The van der Waals surface area contributed by atoms with Gasteiger partial charge in [-0.05, 0) is 77.6 Å². The van der Waals surface area contributed by atoms with E-state index in [0.29, 0.717) is 13.1 Å². The first-order valence-electron chi connectivity index (χ1n) is 14.7. The van der Waals surface area contributed by atoms with Crippen LogP contribution in [0.15, 0.2) is 91.5 Å². The minimum Gasteiger partial charge on any atom is -0.395 e. The standard InChI is InChI=1S/C35H42N4O2S2/c1-28(32-11-16-38(17-12-32)19-21-40)25-30-3-7-34(8-4-30)36-14-23-42-43-24-15-37-35-9-5-31(6-10-35)26-29(2)33-13-18-39(27-33)20-22-41/h3-13,16-18,25-27,37,40-41H,14-15,19-24H2,1-2H3/p+1/b29-26+. The Morgan fingerprint density at radius 3 is 1.77 bits per heavy atom. The Morgan fingerprint density at radius 1 is 0.721 bits per heavy atom. The van der Waals surface area contributed by atoms with Crippen LogP contribution in [0.4, 0.5) is 11.4 Å². The third-order valence-corrected chi connectivity index (χ3v) is 9.38. The molecule has 226 valence electrons. The first-order chi connectivity index (χ1) is 21.0. The number of benzene rings is 2. The molecule has 0 atom stereocenters. The molecule has 4 N–H and O–H groups in total. The van der Waals surface area contributed by atoms with Crippen molar-refractivity contribution in [2.24, 2.45) is 0 Å². The van der Waals surface area contributed by atoms with Crippen molar-refractivity contribution in [3.8, 4) is 0 Å². The molecule has 2 heterocycles. The second-order valence-corrected chi connectivity index (χ2v) is 13.0. The Bertz CT molecular complexity index is 1450. The van der Waals surface area contributed by atoms with Crippen molar-refractivity contribution in [1.29, 1.82) is 0 Å². The minimum atomic E-state index is 0.147. The summed E-state index contributed by atoms with van der Waals surface area (Å²) in [5.74, 6) is 2.08. The highest BCUT2D eigenvalue weighted by atomic mass is 33.1. The van der Waals surface area contributed by atoms with Gasteiger partial charge in [-0.25, -0.2) is 4.57 Å². The number of allylic oxidation sites excluding steroid dienone is 2. The van der Waals surface area contributed by atoms with Crippen molar-refractivity contribution in [2.75, 3.05) is 48.4 Å². The maximum atomic E-state index is 9.11. The van der Waals surface area contributed by atoms with E-state index in [-0.39, 0.29) is 13.2 Å². The van der Waals surface area contributed by atoms with Crippen molar-refractivity contribution in [1.82, 2.24) is 4.57 Å². The lowest BCUT2D eigenvalue weighted by Crippen LogP contribution is -2.34. The number of hydrogen-bond acceptors (Lipinski definition) is 6. The maximum absolute atomic E-state index is 9.11. The van der Waals surface area contributed by atoms with Crippen LogP contribution in [-0.4, -0.2) is 52.6 Å². The molecule has 8 heteroatoms. The number of anilines is 2. The van der Waals surface area contributed by atoms with Crippen molar-refractivity contribution >= 4 is 56.3 Å². The molecule has 4 rings (SSSR count). The molecule has 0 saturated carbocycles. The Kier molecular flexibility index (Phi) is 13.3. The van der Waals surface area contributed by atoms with Gasteiger partial charge in [-0.1, -0.05) is 58.0 Å². The zero-order valence-electron chi connectivity index (χ0n) is 25.1. The summed E-state index contributed by atoms with van der Waals surface area (Å²) in [5, 5.41) is 25.2. The Morgan fingerprint density at radius 2 is 1.26 bits per heavy atom. The van der Waals surface area contributed by atoms with Crippen LogP contribution in [0, 0.1) is 0 Å². The first kappa shape index (κ1) is 32.5. The van der Waals surface area contributed by atoms with E-state index in [1.807, 2.05) is 49.3 Å². The van der Waals surface area contributed by atoms with E-state index in [2.05, 4.69) is 110 Å². The van der Waals surface area contributed by atoms with Crippen LogP contribution >= 0.6 is 21.6 Å². The van der Waals surface area contributed by atoms with Crippen molar-refractivity contribution in [3.63, 3.8) is 0 Å². The van der Waals surface area contributed by atoms with Gasteiger partial charge in [-0.2, -0.15) is 0 Å². The van der Waals surface area contributed by atoms with Gasteiger partial charge in [0.1, 0.15) is 6.61 Å². The molecular formula is C35H43N4O2S2+. The van der Waals surface area contributed by atoms with Gasteiger partial charge < -0.3 is 25.4 Å². The molecule has 0 amide bonds. The number of aromatic nitrogens is 2. The molecule has 0 spiro atoms. The molecule has 0 radical (unpaired) electrons. The third-order valence-electron chi connectivity index (χ3n) is 6.97. The summed E-state index contributed by atoms with van der Waals surface area (Å²) in [7, 11) is 3.80. The highest BCUT2D eigenvalue weighted by Crippen LogP contribution is 2.23. The second kappa shape index (κ2) is 17.6. The highest BCUT2D eigenvalue weighted by Gasteiger charge is 2.03. The molecule has 2 aromatic carbocycles. The summed E-state index contributed by atoms with van der Waals surface area (Å²) in [6.07, 6.45) is 12.5. The number of aliphatic hydroxyl groups is 2. The monoisotopic (exact) mass is 615 g/mol. The van der Waals surface area contributed by atoms with Crippen LogP contribution in [0.3, 0.4) is 0 Å². The fourth-order valence-corrected chi connectivity index (χ4v) is 6.38. The summed E-state index contributed by atoms with van der Waals surface area (Å²) in [6.45, 7) is 7.64. The molecule has 0 aliphatic carbocycles. The van der Waals surface area contributed by atoms with E-state index in [0.717, 1.165) is 36.0 Å². The molecule has 0 aliphatic rings. The number of pyridine rings is 1. The second-order valence-electron chi connectivity index (χ2n) is 10.3. The smallest absolute Gasteiger partial charge is 0.171 e. The zero-order valence-corrected chi connectivity index (χ0v) is 26.7. The molecule has 6 nitrogen and oxygen atoms in total. The number of nitrogens with zero attached hydrogens (tertiary/aromatic N) is 2. The lowest BCUT2D eigenvalue weighted by atomic mass is 10.1. The summed E-state index contributed by atoms with van der Waals surface area (Å²) in [5.41, 5.74) is 9.41. The topological polar surface area (TPSA) is 73.3 Å². The van der Waals surface area contributed by atoms with Crippen LogP contribution in [-0.2, 0) is 13.1 Å². The Hall–Kier alpha value is -3.43. The van der Waals surface area contributed by atoms with Gasteiger partial charge in [0.15, 0.2) is 18.9 Å². The third kappa shape index (κ3) is 11.0. The van der Waals surface area contributed by atoms with Gasteiger partial charge in [-0.3, -0.25) is 0 Å². The van der Waals surface area contributed by atoms with Gasteiger partial charge >= 0.3 is 0 Å². The number of nitrogens with one attached hydrogen (secondary N) is 2. The predicted molar refractivity (Wildman–Crippen MR) is 187 cm³/mol. The summed E-state index contributed by atoms with van der Waals surface area (Å²) < 4.78 is 3.99. The summed E-state index contributed by atoms with van der Waals surface area (Å²) >= 11 is 0.